The fourth-order valence-electron chi connectivity index (χ4n) is 1.50. The number of aromatic nitrogens is 1. The predicted octanol–water partition coefficient (Wildman–Crippen LogP) is 4.79. The van der Waals surface area contributed by atoms with Crippen molar-refractivity contribution in [3.05, 3.63) is 43.3 Å². The number of pyridine rings is 1. The van der Waals surface area contributed by atoms with Crippen LogP contribution in [0.15, 0.2) is 22.7 Å². The van der Waals surface area contributed by atoms with E-state index in [0.29, 0.717) is 5.15 Å². The van der Waals surface area contributed by atoms with Crippen molar-refractivity contribution >= 4 is 44.6 Å². The lowest BCUT2D eigenvalue weighted by Crippen LogP contribution is -2.00. The molecule has 0 unspecified atom stereocenters. The Labute approximate surface area is 118 Å². The van der Waals surface area contributed by atoms with Crippen molar-refractivity contribution < 1.29 is 0 Å². The Kier molecular flexibility index (Phi) is 4.07. The summed E-state index contributed by atoms with van der Waals surface area (Å²) in [5.41, 5.74) is 1.95. The van der Waals surface area contributed by atoms with Crippen molar-refractivity contribution in [1.29, 1.82) is 0 Å². The molecule has 0 saturated carbocycles. The number of halogens is 2. The lowest BCUT2D eigenvalue weighted by molar-refractivity contribution is 1.13. The highest BCUT2D eigenvalue weighted by Gasteiger charge is 2.04. The summed E-state index contributed by atoms with van der Waals surface area (Å²) >= 11 is 11.1. The van der Waals surface area contributed by atoms with Gasteiger partial charge < -0.3 is 5.32 Å². The van der Waals surface area contributed by atoms with Gasteiger partial charge in [-0.25, -0.2) is 4.98 Å². The van der Waals surface area contributed by atoms with E-state index < -0.39 is 0 Å². The van der Waals surface area contributed by atoms with Crippen molar-refractivity contribution in [2.75, 3.05) is 5.32 Å². The van der Waals surface area contributed by atoms with Crippen molar-refractivity contribution in [2.24, 2.45) is 0 Å². The second kappa shape index (κ2) is 5.38. The summed E-state index contributed by atoms with van der Waals surface area (Å²) in [5.74, 6) is 0. The van der Waals surface area contributed by atoms with Crippen LogP contribution in [0.25, 0.3) is 0 Å². The average Bonchev–Trinajstić information content (AvgIpc) is 2.57. The van der Waals surface area contributed by atoms with Crippen LogP contribution in [0.5, 0.6) is 0 Å². The third-order valence-corrected chi connectivity index (χ3v) is 4.76. The van der Waals surface area contributed by atoms with E-state index in [9.17, 15) is 0 Å². The van der Waals surface area contributed by atoms with Gasteiger partial charge in [-0.3, -0.25) is 0 Å². The monoisotopic (exact) mass is 330 g/mol. The summed E-state index contributed by atoms with van der Waals surface area (Å²) in [6, 6.07) is 5.90. The van der Waals surface area contributed by atoms with Crippen LogP contribution in [0.2, 0.25) is 5.15 Å². The molecule has 5 heteroatoms. The van der Waals surface area contributed by atoms with Crippen LogP contribution < -0.4 is 5.32 Å². The molecule has 0 saturated heterocycles. The molecule has 2 aromatic rings. The summed E-state index contributed by atoms with van der Waals surface area (Å²) in [6.07, 6.45) is 0. The molecule has 2 rings (SSSR count). The van der Waals surface area contributed by atoms with Crippen LogP contribution in [0.4, 0.5) is 5.69 Å². The minimum Gasteiger partial charge on any atom is -0.379 e. The normalized spacial score (nSPS) is 10.6. The zero-order chi connectivity index (χ0) is 12.4. The summed E-state index contributed by atoms with van der Waals surface area (Å²) in [4.78, 5) is 6.80. The summed E-state index contributed by atoms with van der Waals surface area (Å²) in [7, 11) is 0. The molecular weight excluding hydrogens is 320 g/mol. The third kappa shape index (κ3) is 3.21. The zero-order valence-corrected chi connectivity index (χ0v) is 12.7. The molecule has 0 spiro atoms. The number of thiophene rings is 1. The first-order valence-electron chi connectivity index (χ1n) is 5.18. The van der Waals surface area contributed by atoms with Gasteiger partial charge in [0.2, 0.25) is 0 Å². The maximum atomic E-state index is 5.82. The molecule has 2 nitrogen and oxygen atoms in total. The summed E-state index contributed by atoms with van der Waals surface area (Å²) in [5, 5.41) is 3.90. The largest absolute Gasteiger partial charge is 0.379 e. The second-order valence-electron chi connectivity index (χ2n) is 3.74. The van der Waals surface area contributed by atoms with Crippen molar-refractivity contribution in [3.8, 4) is 0 Å². The highest BCUT2D eigenvalue weighted by Crippen LogP contribution is 2.27. The molecular formula is C12H12BrClN2S. The molecule has 0 radical (unpaired) electrons. The number of aryl methyl sites for hydroxylation is 2. The highest BCUT2D eigenvalue weighted by atomic mass is 79.9. The number of hydrogen-bond donors (Lipinski definition) is 1. The lowest BCUT2D eigenvalue weighted by atomic mass is 10.3. The van der Waals surface area contributed by atoms with E-state index >= 15 is 0 Å². The van der Waals surface area contributed by atoms with Gasteiger partial charge in [0, 0.05) is 20.8 Å². The number of nitrogens with zero attached hydrogens (tertiary/aromatic N) is 1. The Morgan fingerprint density at radius 1 is 1.41 bits per heavy atom. The maximum absolute atomic E-state index is 5.82. The Bertz CT molecular complexity index is 520. The standard InChI is InChI=1S/C12H12BrClN2S/c1-7-11(3-4-12(14)16-7)15-6-9-5-10(13)8(2)17-9/h3-5,15H,6H2,1-2H3. The van der Waals surface area contributed by atoms with Gasteiger partial charge in [0.05, 0.1) is 11.4 Å². The van der Waals surface area contributed by atoms with Crippen LogP contribution in [0.3, 0.4) is 0 Å². The van der Waals surface area contributed by atoms with E-state index in [-0.39, 0.29) is 0 Å². The topological polar surface area (TPSA) is 24.9 Å². The van der Waals surface area contributed by atoms with Crippen molar-refractivity contribution in [2.45, 2.75) is 20.4 Å². The Balaban J connectivity index is 2.07. The van der Waals surface area contributed by atoms with Gasteiger partial charge in [0.1, 0.15) is 5.15 Å². The Hall–Kier alpha value is -0.580. The van der Waals surface area contributed by atoms with E-state index in [1.807, 2.05) is 13.0 Å². The first-order valence-corrected chi connectivity index (χ1v) is 7.17. The molecule has 1 N–H and O–H groups in total. The first kappa shape index (κ1) is 12.9. The van der Waals surface area contributed by atoms with Gasteiger partial charge in [-0.15, -0.1) is 11.3 Å². The highest BCUT2D eigenvalue weighted by molar-refractivity contribution is 9.10. The quantitative estimate of drug-likeness (QED) is 0.818. The molecule has 90 valence electrons. The number of rotatable bonds is 3. The third-order valence-electron chi connectivity index (χ3n) is 2.41. The average molecular weight is 332 g/mol. The van der Waals surface area contributed by atoms with Crippen LogP contribution in [-0.4, -0.2) is 4.98 Å². The lowest BCUT2D eigenvalue weighted by Gasteiger charge is -2.07. The van der Waals surface area contributed by atoms with E-state index in [0.717, 1.165) is 17.9 Å². The van der Waals surface area contributed by atoms with E-state index in [1.54, 1.807) is 17.4 Å². The number of anilines is 1. The van der Waals surface area contributed by atoms with Gasteiger partial charge >= 0.3 is 0 Å². The van der Waals surface area contributed by atoms with Crippen LogP contribution >= 0.6 is 38.9 Å². The fraction of sp³-hybridized carbons (Fsp3) is 0.250. The molecule has 0 aliphatic rings. The molecule has 17 heavy (non-hydrogen) atoms. The van der Waals surface area contributed by atoms with Crippen LogP contribution in [0, 0.1) is 13.8 Å². The molecule has 2 heterocycles. The molecule has 0 fully saturated rings. The molecule has 0 amide bonds. The first-order chi connectivity index (χ1) is 8.06. The molecule has 2 aromatic heterocycles. The smallest absolute Gasteiger partial charge is 0.129 e. The number of nitrogens with one attached hydrogen (secondary N) is 1. The summed E-state index contributed by atoms with van der Waals surface area (Å²) in [6.45, 7) is 4.86. The zero-order valence-electron chi connectivity index (χ0n) is 9.55. The van der Waals surface area contributed by atoms with Crippen LogP contribution in [0.1, 0.15) is 15.4 Å². The SMILES string of the molecule is Cc1nc(Cl)ccc1NCc1cc(Br)c(C)s1. The molecule has 0 atom stereocenters. The number of hydrogen-bond acceptors (Lipinski definition) is 3. The second-order valence-corrected chi connectivity index (χ2v) is 6.32. The van der Waals surface area contributed by atoms with Gasteiger partial charge in [-0.05, 0) is 48.0 Å². The van der Waals surface area contributed by atoms with Gasteiger partial charge in [0.25, 0.3) is 0 Å². The molecule has 0 aliphatic carbocycles. The van der Waals surface area contributed by atoms with E-state index in [1.165, 1.54) is 14.2 Å². The van der Waals surface area contributed by atoms with Gasteiger partial charge in [0.15, 0.2) is 0 Å². The maximum Gasteiger partial charge on any atom is 0.129 e. The van der Waals surface area contributed by atoms with Gasteiger partial charge in [-0.2, -0.15) is 0 Å². The van der Waals surface area contributed by atoms with E-state index in [2.05, 4.69) is 39.2 Å². The van der Waals surface area contributed by atoms with Crippen molar-refractivity contribution in [3.63, 3.8) is 0 Å². The molecule has 0 aromatic carbocycles. The molecule has 0 bridgehead atoms. The predicted molar refractivity (Wildman–Crippen MR) is 78.1 cm³/mol. The fourth-order valence-corrected chi connectivity index (χ4v) is 3.24. The Morgan fingerprint density at radius 3 is 2.76 bits per heavy atom. The minimum atomic E-state index is 0.530. The van der Waals surface area contributed by atoms with Crippen LogP contribution in [-0.2, 0) is 6.54 Å². The van der Waals surface area contributed by atoms with Crippen molar-refractivity contribution in [1.82, 2.24) is 4.98 Å². The minimum absolute atomic E-state index is 0.530. The van der Waals surface area contributed by atoms with Gasteiger partial charge in [-0.1, -0.05) is 11.6 Å². The Morgan fingerprint density at radius 2 is 2.18 bits per heavy atom. The summed E-state index contributed by atoms with van der Waals surface area (Å²) < 4.78 is 1.17. The molecule has 0 aliphatic heterocycles. The van der Waals surface area contributed by atoms with E-state index in [4.69, 9.17) is 11.6 Å².